The third-order valence-corrected chi connectivity index (χ3v) is 1.18. The molecule has 0 aliphatic rings. The van der Waals surface area contributed by atoms with Crippen molar-refractivity contribution >= 4 is 12.1 Å². The van der Waals surface area contributed by atoms with Gasteiger partial charge in [0.25, 0.3) is 0 Å². The van der Waals surface area contributed by atoms with E-state index >= 15 is 0 Å². The quantitative estimate of drug-likeness (QED) is 0.569. The van der Waals surface area contributed by atoms with E-state index in [1.54, 1.807) is 6.29 Å². The first-order valence-corrected chi connectivity index (χ1v) is 2.93. The van der Waals surface area contributed by atoms with Crippen LogP contribution in [0.1, 0.15) is 5.56 Å². The lowest BCUT2D eigenvalue weighted by Gasteiger charge is -1.95. The van der Waals surface area contributed by atoms with Gasteiger partial charge in [0.15, 0.2) is 0 Å². The number of nitrogens with two attached hydrogens (primary N) is 1. The molecule has 1 rings (SSSR count). The van der Waals surface area contributed by atoms with Crippen molar-refractivity contribution in [2.45, 2.75) is 6.42 Å². The van der Waals surface area contributed by atoms with Crippen molar-refractivity contribution in [1.29, 1.82) is 0 Å². The van der Waals surface area contributed by atoms with Gasteiger partial charge in [-0.05, 0) is 0 Å². The average Bonchev–Trinajstić information content (AvgIpc) is 1.95. The molecule has 0 unspecified atom stereocenters. The van der Waals surface area contributed by atoms with Gasteiger partial charge in [-0.2, -0.15) is 4.98 Å². The highest BCUT2D eigenvalue weighted by atomic mass is 16.1. The lowest BCUT2D eigenvalue weighted by Crippen LogP contribution is -2.14. The first-order valence-electron chi connectivity index (χ1n) is 2.93. The predicted molar refractivity (Wildman–Crippen MR) is 38.7 cm³/mol. The molecule has 0 aliphatic carbocycles. The molecule has 0 spiro atoms. The Balaban J connectivity index is 3.08. The normalized spacial score (nSPS) is 9.45. The van der Waals surface area contributed by atoms with E-state index < -0.39 is 5.69 Å². The fraction of sp³-hybridized carbons (Fsp3) is 0.167. The van der Waals surface area contributed by atoms with Crippen LogP contribution >= 0.6 is 0 Å². The highest BCUT2D eigenvalue weighted by molar-refractivity contribution is 5.59. The van der Waals surface area contributed by atoms with Crippen LogP contribution in [0.15, 0.2) is 11.0 Å². The Bertz CT molecular complexity index is 318. The number of aromatic amines is 1. The number of hydrogen-bond donors (Lipinski definition) is 2. The van der Waals surface area contributed by atoms with Crippen LogP contribution in [0.2, 0.25) is 0 Å². The molecule has 0 aliphatic heterocycles. The van der Waals surface area contributed by atoms with Gasteiger partial charge in [0.2, 0.25) is 6.29 Å². The second-order valence-electron chi connectivity index (χ2n) is 1.94. The minimum absolute atomic E-state index is 0.0512. The predicted octanol–water partition coefficient (Wildman–Crippen LogP) is -0.996. The van der Waals surface area contributed by atoms with Gasteiger partial charge < -0.3 is 10.7 Å². The zero-order chi connectivity index (χ0) is 8.27. The summed E-state index contributed by atoms with van der Waals surface area (Å²) >= 11 is 0. The van der Waals surface area contributed by atoms with Crippen molar-refractivity contribution < 1.29 is 4.79 Å². The van der Waals surface area contributed by atoms with E-state index in [-0.39, 0.29) is 12.2 Å². The van der Waals surface area contributed by atoms with Gasteiger partial charge in [0, 0.05) is 18.2 Å². The minimum atomic E-state index is -0.517. The summed E-state index contributed by atoms with van der Waals surface area (Å²) in [6.07, 6.45) is 3.06. The van der Waals surface area contributed by atoms with Gasteiger partial charge in [-0.25, -0.2) is 4.79 Å². The molecule has 1 aromatic rings. The van der Waals surface area contributed by atoms with Crippen molar-refractivity contribution in [3.8, 4) is 0 Å². The molecule has 1 radical (unpaired) electrons. The van der Waals surface area contributed by atoms with Crippen molar-refractivity contribution in [3.05, 3.63) is 22.2 Å². The molecule has 0 fully saturated rings. The maximum atomic E-state index is 10.5. The van der Waals surface area contributed by atoms with Crippen LogP contribution in [-0.4, -0.2) is 16.3 Å². The molecule has 0 aromatic carbocycles. The number of aromatic nitrogens is 2. The number of nitrogen functional groups attached to an aromatic ring is 1. The molecule has 0 bridgehead atoms. The molecule has 1 aromatic heterocycles. The molecule has 5 nitrogen and oxygen atoms in total. The Morgan fingerprint density at radius 2 is 2.45 bits per heavy atom. The Kier molecular flexibility index (Phi) is 2.00. The van der Waals surface area contributed by atoms with E-state index in [1.165, 1.54) is 6.20 Å². The lowest BCUT2D eigenvalue weighted by atomic mass is 10.2. The first-order chi connectivity index (χ1) is 5.24. The fourth-order valence-corrected chi connectivity index (χ4v) is 0.656. The monoisotopic (exact) mass is 152 g/mol. The number of nitrogens with zero attached hydrogens (tertiary/aromatic N) is 1. The Labute approximate surface area is 62.3 Å². The van der Waals surface area contributed by atoms with Crippen LogP contribution in [-0.2, 0) is 11.2 Å². The number of nitrogens with one attached hydrogen (secondary N) is 1. The van der Waals surface area contributed by atoms with Crippen molar-refractivity contribution in [3.63, 3.8) is 0 Å². The van der Waals surface area contributed by atoms with Gasteiger partial charge in [-0.3, -0.25) is 4.79 Å². The largest absolute Gasteiger partial charge is 0.383 e. The number of anilines is 1. The van der Waals surface area contributed by atoms with Crippen LogP contribution in [0.4, 0.5) is 5.82 Å². The van der Waals surface area contributed by atoms with E-state index in [9.17, 15) is 9.59 Å². The Hall–Kier alpha value is -1.65. The molecular weight excluding hydrogens is 146 g/mol. The van der Waals surface area contributed by atoms with E-state index in [0.29, 0.717) is 5.56 Å². The number of rotatable bonds is 2. The number of H-pyrrole nitrogens is 1. The standard InChI is InChI=1S/C6H6N3O2/c7-5-4(1-2-10)3-8-6(11)9-5/h3H,1H2,(H3,7,8,9,11). The van der Waals surface area contributed by atoms with E-state index in [4.69, 9.17) is 5.73 Å². The Morgan fingerprint density at radius 1 is 1.73 bits per heavy atom. The van der Waals surface area contributed by atoms with E-state index in [1.807, 2.05) is 0 Å². The molecule has 0 saturated heterocycles. The van der Waals surface area contributed by atoms with Crippen LogP contribution < -0.4 is 11.4 Å². The maximum absolute atomic E-state index is 10.5. The molecule has 11 heavy (non-hydrogen) atoms. The maximum Gasteiger partial charge on any atom is 0.346 e. The molecular formula is C6H6N3O2. The van der Waals surface area contributed by atoms with Crippen molar-refractivity contribution in [2.24, 2.45) is 0 Å². The number of carbonyl (C=O) groups excluding carboxylic acids is 1. The van der Waals surface area contributed by atoms with Gasteiger partial charge in [-0.15, -0.1) is 0 Å². The Morgan fingerprint density at radius 3 is 3.00 bits per heavy atom. The average molecular weight is 152 g/mol. The van der Waals surface area contributed by atoms with Crippen LogP contribution in [0.5, 0.6) is 0 Å². The topological polar surface area (TPSA) is 88.8 Å². The SMILES string of the molecule is Nc1nc(=O)[nH]cc1C[C]=O. The van der Waals surface area contributed by atoms with Gasteiger partial charge in [0.05, 0.1) is 0 Å². The second-order valence-corrected chi connectivity index (χ2v) is 1.94. The lowest BCUT2D eigenvalue weighted by molar-refractivity contribution is 0.555. The summed E-state index contributed by atoms with van der Waals surface area (Å²) in [5, 5.41) is 0. The molecule has 0 saturated carbocycles. The van der Waals surface area contributed by atoms with Gasteiger partial charge in [-0.1, -0.05) is 0 Å². The summed E-state index contributed by atoms with van der Waals surface area (Å²) in [7, 11) is 0. The molecule has 5 heteroatoms. The van der Waals surface area contributed by atoms with Gasteiger partial charge >= 0.3 is 5.69 Å². The summed E-state index contributed by atoms with van der Waals surface area (Å²) in [5.41, 5.74) is 5.27. The third-order valence-electron chi connectivity index (χ3n) is 1.18. The van der Waals surface area contributed by atoms with Crippen molar-refractivity contribution in [1.82, 2.24) is 9.97 Å². The summed E-state index contributed by atoms with van der Waals surface area (Å²) in [4.78, 5) is 26.1. The highest BCUT2D eigenvalue weighted by Gasteiger charge is 1.99. The summed E-state index contributed by atoms with van der Waals surface area (Å²) in [6.45, 7) is 0. The van der Waals surface area contributed by atoms with E-state index in [0.717, 1.165) is 0 Å². The third kappa shape index (κ3) is 1.64. The molecule has 0 atom stereocenters. The summed E-state index contributed by atoms with van der Waals surface area (Å²) in [5.74, 6) is 0.0806. The summed E-state index contributed by atoms with van der Waals surface area (Å²) < 4.78 is 0. The van der Waals surface area contributed by atoms with Crippen LogP contribution in [0.3, 0.4) is 0 Å². The second kappa shape index (κ2) is 2.96. The van der Waals surface area contributed by atoms with Crippen LogP contribution in [0, 0.1) is 0 Å². The molecule has 3 N–H and O–H groups in total. The fourth-order valence-electron chi connectivity index (χ4n) is 0.656. The number of hydrogen-bond acceptors (Lipinski definition) is 4. The van der Waals surface area contributed by atoms with Gasteiger partial charge in [0.1, 0.15) is 5.82 Å². The smallest absolute Gasteiger partial charge is 0.346 e. The van der Waals surface area contributed by atoms with Crippen molar-refractivity contribution in [2.75, 3.05) is 5.73 Å². The zero-order valence-corrected chi connectivity index (χ0v) is 5.63. The minimum Gasteiger partial charge on any atom is -0.383 e. The molecule has 57 valence electrons. The zero-order valence-electron chi connectivity index (χ0n) is 5.63. The first kappa shape index (κ1) is 7.46. The molecule has 0 amide bonds. The molecule has 1 heterocycles. The summed E-state index contributed by atoms with van der Waals surface area (Å²) in [6, 6.07) is 0. The van der Waals surface area contributed by atoms with E-state index in [2.05, 4.69) is 9.97 Å². The van der Waals surface area contributed by atoms with Crippen LogP contribution in [0.25, 0.3) is 0 Å². The highest BCUT2D eigenvalue weighted by Crippen LogP contribution is 2.01.